The second-order valence-electron chi connectivity index (χ2n) is 4.95. The number of hydrogen-bond donors (Lipinski definition) is 0. The fourth-order valence-electron chi connectivity index (χ4n) is 3.05. The molecule has 1 aromatic carbocycles. The third-order valence-corrected chi connectivity index (χ3v) is 4.20. The van der Waals surface area contributed by atoms with Gasteiger partial charge in [-0.3, -0.25) is 4.79 Å². The van der Waals surface area contributed by atoms with Crippen LogP contribution in [0, 0.1) is 0 Å². The first-order valence-corrected chi connectivity index (χ1v) is 6.76. The third-order valence-electron chi connectivity index (χ3n) is 3.91. The molecule has 0 unspecified atom stereocenters. The molecule has 0 aromatic heterocycles. The highest BCUT2D eigenvalue weighted by Gasteiger charge is 2.42. The molecule has 3 rings (SSSR count). The van der Waals surface area contributed by atoms with E-state index >= 15 is 0 Å². The standard InChI is InChI=1S/C14H12ClNO4/c15-10-5-9(6-17)12-13(20-8-19-12)11(10)14(16-7-18)3-1-2-4-14/h5-6H,1-4,8H2. The van der Waals surface area contributed by atoms with Crippen molar-refractivity contribution in [3.05, 3.63) is 22.2 Å². The lowest BCUT2D eigenvalue weighted by Crippen LogP contribution is -2.20. The zero-order valence-electron chi connectivity index (χ0n) is 10.6. The molecule has 104 valence electrons. The maximum Gasteiger partial charge on any atom is 0.235 e. The summed E-state index contributed by atoms with van der Waals surface area (Å²) in [7, 11) is 0. The number of aldehydes is 1. The largest absolute Gasteiger partial charge is 0.453 e. The number of benzene rings is 1. The molecule has 1 aliphatic carbocycles. The van der Waals surface area contributed by atoms with Gasteiger partial charge in [-0.2, -0.15) is 4.99 Å². The maximum atomic E-state index is 11.1. The minimum atomic E-state index is -0.710. The number of isocyanates is 1. The van der Waals surface area contributed by atoms with Crippen molar-refractivity contribution >= 4 is 24.0 Å². The molecule has 1 heterocycles. The van der Waals surface area contributed by atoms with Crippen LogP contribution < -0.4 is 9.47 Å². The van der Waals surface area contributed by atoms with Gasteiger partial charge in [0, 0.05) is 5.56 Å². The average Bonchev–Trinajstić information content (AvgIpc) is 3.08. The van der Waals surface area contributed by atoms with Crippen LogP contribution in [0.5, 0.6) is 11.5 Å². The highest BCUT2D eigenvalue weighted by molar-refractivity contribution is 6.32. The summed E-state index contributed by atoms with van der Waals surface area (Å²) in [5.41, 5.74) is 0.269. The van der Waals surface area contributed by atoms with E-state index in [1.807, 2.05) is 0 Å². The molecule has 20 heavy (non-hydrogen) atoms. The molecule has 0 saturated heterocycles. The smallest absolute Gasteiger partial charge is 0.235 e. The Labute approximate surface area is 120 Å². The highest BCUT2D eigenvalue weighted by Crippen LogP contribution is 2.53. The number of aliphatic imine (C=N–C) groups is 1. The summed E-state index contributed by atoms with van der Waals surface area (Å²) in [5.74, 6) is 0.812. The molecular formula is C14H12ClNO4. The summed E-state index contributed by atoms with van der Waals surface area (Å²) >= 11 is 6.31. The van der Waals surface area contributed by atoms with Gasteiger partial charge in [0.05, 0.1) is 10.6 Å². The zero-order valence-corrected chi connectivity index (χ0v) is 11.4. The number of hydrogen-bond acceptors (Lipinski definition) is 5. The lowest BCUT2D eigenvalue weighted by molar-refractivity contribution is 0.111. The Morgan fingerprint density at radius 2 is 2.00 bits per heavy atom. The molecule has 6 heteroatoms. The molecule has 0 radical (unpaired) electrons. The summed E-state index contributed by atoms with van der Waals surface area (Å²) < 4.78 is 10.8. The first-order valence-electron chi connectivity index (χ1n) is 6.38. The molecule has 1 aromatic rings. The number of rotatable bonds is 3. The Hall–Kier alpha value is -1.84. The van der Waals surface area contributed by atoms with Crippen molar-refractivity contribution in [1.29, 1.82) is 0 Å². The van der Waals surface area contributed by atoms with Crippen LogP contribution in [0.15, 0.2) is 11.1 Å². The minimum absolute atomic E-state index is 0.0321. The van der Waals surface area contributed by atoms with E-state index in [-0.39, 0.29) is 6.79 Å². The summed E-state index contributed by atoms with van der Waals surface area (Å²) in [6, 6.07) is 1.54. The first kappa shape index (κ1) is 13.2. The molecule has 0 spiro atoms. The van der Waals surface area contributed by atoms with Crippen LogP contribution >= 0.6 is 11.6 Å². The molecule has 1 fully saturated rings. The van der Waals surface area contributed by atoms with Crippen LogP contribution in [-0.4, -0.2) is 19.2 Å². The monoisotopic (exact) mass is 293 g/mol. The summed E-state index contributed by atoms with van der Waals surface area (Å²) in [5, 5.41) is 0.372. The van der Waals surface area contributed by atoms with E-state index in [4.69, 9.17) is 21.1 Å². The van der Waals surface area contributed by atoms with Crippen molar-refractivity contribution < 1.29 is 19.1 Å². The van der Waals surface area contributed by atoms with Gasteiger partial charge in [0.15, 0.2) is 17.8 Å². The summed E-state index contributed by atoms with van der Waals surface area (Å²) in [6.07, 6.45) is 5.64. The summed E-state index contributed by atoms with van der Waals surface area (Å²) in [4.78, 5) is 25.9. The maximum absolute atomic E-state index is 11.1. The van der Waals surface area contributed by atoms with Crippen molar-refractivity contribution in [3.8, 4) is 11.5 Å². The van der Waals surface area contributed by atoms with Gasteiger partial charge in [0.2, 0.25) is 12.9 Å². The van der Waals surface area contributed by atoms with Gasteiger partial charge in [-0.25, -0.2) is 4.79 Å². The van der Waals surface area contributed by atoms with Gasteiger partial charge in [0.1, 0.15) is 5.54 Å². The van der Waals surface area contributed by atoms with Crippen LogP contribution in [0.2, 0.25) is 5.02 Å². The number of carbonyl (C=O) groups is 1. The number of carbonyl (C=O) groups excluding carboxylic acids is 2. The van der Waals surface area contributed by atoms with Gasteiger partial charge < -0.3 is 9.47 Å². The topological polar surface area (TPSA) is 65.0 Å². The second-order valence-corrected chi connectivity index (χ2v) is 5.35. The van der Waals surface area contributed by atoms with Crippen molar-refractivity contribution in [2.24, 2.45) is 4.99 Å². The fraction of sp³-hybridized carbons (Fsp3) is 0.429. The highest BCUT2D eigenvalue weighted by atomic mass is 35.5. The van der Waals surface area contributed by atoms with Crippen molar-refractivity contribution in [3.63, 3.8) is 0 Å². The zero-order chi connectivity index (χ0) is 14.2. The van der Waals surface area contributed by atoms with E-state index in [9.17, 15) is 9.59 Å². The first-order chi connectivity index (χ1) is 9.72. The van der Waals surface area contributed by atoms with E-state index in [0.717, 1.165) is 12.8 Å². The molecule has 2 aliphatic rings. The predicted molar refractivity (Wildman–Crippen MR) is 71.2 cm³/mol. The van der Waals surface area contributed by atoms with Crippen molar-refractivity contribution in [2.45, 2.75) is 31.2 Å². The van der Waals surface area contributed by atoms with E-state index in [1.54, 1.807) is 6.08 Å². The SMILES string of the molecule is O=C=NC1(c2c(Cl)cc(C=O)c3c2OCO3)CCCC1. The van der Waals surface area contributed by atoms with E-state index < -0.39 is 5.54 Å². The Bertz CT molecular complexity index is 616. The normalized spacial score (nSPS) is 18.6. The molecule has 5 nitrogen and oxygen atoms in total. The van der Waals surface area contributed by atoms with Gasteiger partial charge in [-0.15, -0.1) is 0 Å². The Kier molecular flexibility index (Phi) is 3.24. The van der Waals surface area contributed by atoms with Crippen LogP contribution in [0.25, 0.3) is 0 Å². The average molecular weight is 294 g/mol. The number of fused-ring (bicyclic) bond motifs is 1. The van der Waals surface area contributed by atoms with Gasteiger partial charge >= 0.3 is 0 Å². The minimum Gasteiger partial charge on any atom is -0.453 e. The van der Waals surface area contributed by atoms with Crippen LogP contribution in [-0.2, 0) is 10.3 Å². The van der Waals surface area contributed by atoms with Crippen LogP contribution in [0.1, 0.15) is 41.6 Å². The Morgan fingerprint density at radius 1 is 1.30 bits per heavy atom. The van der Waals surface area contributed by atoms with Gasteiger partial charge in [-0.05, 0) is 18.9 Å². The fourth-order valence-corrected chi connectivity index (χ4v) is 3.43. The molecule has 0 N–H and O–H groups in total. The second kappa shape index (κ2) is 4.93. The Balaban J connectivity index is 2.26. The van der Waals surface area contributed by atoms with Gasteiger partial charge in [0.25, 0.3) is 0 Å². The lowest BCUT2D eigenvalue weighted by Gasteiger charge is -2.25. The van der Waals surface area contributed by atoms with Gasteiger partial charge in [-0.1, -0.05) is 24.4 Å². The number of nitrogens with zero attached hydrogens (tertiary/aromatic N) is 1. The molecule has 1 aliphatic heterocycles. The number of halogens is 1. The number of ether oxygens (including phenoxy) is 2. The molecule has 0 amide bonds. The van der Waals surface area contributed by atoms with Crippen molar-refractivity contribution in [1.82, 2.24) is 0 Å². The van der Waals surface area contributed by atoms with Crippen LogP contribution in [0.4, 0.5) is 0 Å². The molecule has 0 bridgehead atoms. The molecular weight excluding hydrogens is 282 g/mol. The molecule has 1 saturated carbocycles. The molecule has 0 atom stereocenters. The lowest BCUT2D eigenvalue weighted by atomic mass is 9.87. The van der Waals surface area contributed by atoms with Crippen molar-refractivity contribution in [2.75, 3.05) is 6.79 Å². The Morgan fingerprint density at radius 3 is 2.65 bits per heavy atom. The van der Waals surface area contributed by atoms with E-state index in [1.165, 1.54) is 6.07 Å². The quantitative estimate of drug-likeness (QED) is 0.488. The third kappa shape index (κ3) is 1.82. The predicted octanol–water partition coefficient (Wildman–Crippen LogP) is 2.99. The van der Waals surface area contributed by atoms with Crippen LogP contribution in [0.3, 0.4) is 0 Å². The van der Waals surface area contributed by atoms with E-state index in [2.05, 4.69) is 4.99 Å². The summed E-state index contributed by atoms with van der Waals surface area (Å²) in [6.45, 7) is 0.0321. The van der Waals surface area contributed by atoms with E-state index in [0.29, 0.717) is 46.8 Å².